The molecular weight excluding hydrogens is 136 g/mol. The lowest BCUT2D eigenvalue weighted by Gasteiger charge is -2.28. The summed E-state index contributed by atoms with van der Waals surface area (Å²) in [5, 5.41) is 0. The first-order chi connectivity index (χ1) is 5.22. The van der Waals surface area contributed by atoms with Gasteiger partial charge in [0.25, 0.3) is 0 Å². The standard InChI is InChI=1S/C9H20N2/c1-7-5-3-2-4-6-8(10)9(7)11/h7-9H,2-6,10-11H2,1H3. The maximum atomic E-state index is 5.97. The van der Waals surface area contributed by atoms with Crippen molar-refractivity contribution in [3.05, 3.63) is 0 Å². The quantitative estimate of drug-likeness (QED) is 0.554. The summed E-state index contributed by atoms with van der Waals surface area (Å²) in [6.07, 6.45) is 6.31. The molecule has 0 aromatic rings. The highest BCUT2D eigenvalue weighted by Gasteiger charge is 2.21. The lowest BCUT2D eigenvalue weighted by Crippen LogP contribution is -2.46. The average Bonchev–Trinajstić information content (AvgIpc) is 2.00. The molecule has 0 spiro atoms. The second-order valence-electron chi connectivity index (χ2n) is 3.86. The van der Waals surface area contributed by atoms with Crippen LogP contribution < -0.4 is 11.5 Å². The fourth-order valence-electron chi connectivity index (χ4n) is 1.83. The minimum Gasteiger partial charge on any atom is -0.326 e. The van der Waals surface area contributed by atoms with Gasteiger partial charge in [-0.15, -0.1) is 0 Å². The van der Waals surface area contributed by atoms with Crippen molar-refractivity contribution >= 4 is 0 Å². The van der Waals surface area contributed by atoms with E-state index in [0.717, 1.165) is 6.42 Å². The lowest BCUT2D eigenvalue weighted by molar-refractivity contribution is 0.318. The first-order valence-corrected chi connectivity index (χ1v) is 4.73. The van der Waals surface area contributed by atoms with E-state index in [2.05, 4.69) is 6.92 Å². The van der Waals surface area contributed by atoms with Gasteiger partial charge in [-0.25, -0.2) is 0 Å². The number of hydrogen-bond donors (Lipinski definition) is 2. The molecule has 0 aromatic heterocycles. The van der Waals surface area contributed by atoms with E-state index in [-0.39, 0.29) is 12.1 Å². The lowest BCUT2D eigenvalue weighted by atomic mass is 9.86. The summed E-state index contributed by atoms with van der Waals surface area (Å²) in [5.74, 6) is 0.616. The molecule has 2 heteroatoms. The maximum absolute atomic E-state index is 5.97. The summed E-state index contributed by atoms with van der Waals surface area (Å²) in [6.45, 7) is 2.22. The largest absolute Gasteiger partial charge is 0.326 e. The molecule has 1 fully saturated rings. The van der Waals surface area contributed by atoms with Crippen LogP contribution in [0.2, 0.25) is 0 Å². The summed E-state index contributed by atoms with van der Waals surface area (Å²) in [4.78, 5) is 0. The smallest absolute Gasteiger partial charge is 0.0218 e. The van der Waals surface area contributed by atoms with Gasteiger partial charge in [-0.05, 0) is 18.8 Å². The van der Waals surface area contributed by atoms with Crippen LogP contribution in [-0.2, 0) is 0 Å². The molecular formula is C9H20N2. The van der Waals surface area contributed by atoms with E-state index in [1.807, 2.05) is 0 Å². The molecule has 0 amide bonds. The van der Waals surface area contributed by atoms with Crippen LogP contribution in [0.5, 0.6) is 0 Å². The SMILES string of the molecule is CC1CCCCCC(N)C1N. The predicted molar refractivity (Wildman–Crippen MR) is 48.2 cm³/mol. The van der Waals surface area contributed by atoms with Crippen LogP contribution in [0.25, 0.3) is 0 Å². The topological polar surface area (TPSA) is 52.0 Å². The third kappa shape index (κ3) is 2.46. The molecule has 0 saturated heterocycles. The third-order valence-corrected chi connectivity index (χ3v) is 2.85. The predicted octanol–water partition coefficient (Wildman–Crippen LogP) is 1.24. The highest BCUT2D eigenvalue weighted by Crippen LogP contribution is 2.20. The molecule has 0 aromatic carbocycles. The normalized spacial score (nSPS) is 41.2. The van der Waals surface area contributed by atoms with Gasteiger partial charge < -0.3 is 11.5 Å². The Morgan fingerprint density at radius 1 is 1.00 bits per heavy atom. The van der Waals surface area contributed by atoms with Crippen molar-refractivity contribution in [2.24, 2.45) is 17.4 Å². The van der Waals surface area contributed by atoms with Crippen molar-refractivity contribution < 1.29 is 0 Å². The highest BCUT2D eigenvalue weighted by molar-refractivity contribution is 4.82. The molecule has 0 aliphatic heterocycles. The molecule has 1 aliphatic carbocycles. The Hall–Kier alpha value is -0.0800. The molecule has 2 nitrogen and oxygen atoms in total. The Balaban J connectivity index is 2.42. The Morgan fingerprint density at radius 2 is 1.64 bits per heavy atom. The third-order valence-electron chi connectivity index (χ3n) is 2.85. The maximum Gasteiger partial charge on any atom is 0.0218 e. The van der Waals surface area contributed by atoms with Gasteiger partial charge in [0, 0.05) is 12.1 Å². The van der Waals surface area contributed by atoms with E-state index in [9.17, 15) is 0 Å². The van der Waals surface area contributed by atoms with Gasteiger partial charge in [0.05, 0.1) is 0 Å². The van der Waals surface area contributed by atoms with Gasteiger partial charge in [0.15, 0.2) is 0 Å². The van der Waals surface area contributed by atoms with Crippen LogP contribution in [0, 0.1) is 5.92 Å². The van der Waals surface area contributed by atoms with Gasteiger partial charge in [0.1, 0.15) is 0 Å². The second-order valence-corrected chi connectivity index (χ2v) is 3.86. The second kappa shape index (κ2) is 4.07. The van der Waals surface area contributed by atoms with E-state index < -0.39 is 0 Å². The molecule has 3 atom stereocenters. The van der Waals surface area contributed by atoms with Gasteiger partial charge in [0.2, 0.25) is 0 Å². The zero-order valence-electron chi connectivity index (χ0n) is 7.42. The van der Waals surface area contributed by atoms with Crippen LogP contribution in [-0.4, -0.2) is 12.1 Å². The number of rotatable bonds is 0. The van der Waals surface area contributed by atoms with Crippen LogP contribution in [0.15, 0.2) is 0 Å². The van der Waals surface area contributed by atoms with Gasteiger partial charge >= 0.3 is 0 Å². The van der Waals surface area contributed by atoms with Crippen molar-refractivity contribution in [1.29, 1.82) is 0 Å². The van der Waals surface area contributed by atoms with Crippen molar-refractivity contribution in [2.75, 3.05) is 0 Å². The summed E-state index contributed by atoms with van der Waals surface area (Å²) in [6, 6.07) is 0.473. The Morgan fingerprint density at radius 3 is 2.36 bits per heavy atom. The van der Waals surface area contributed by atoms with Crippen LogP contribution in [0.4, 0.5) is 0 Å². The monoisotopic (exact) mass is 156 g/mol. The van der Waals surface area contributed by atoms with Crippen molar-refractivity contribution in [1.82, 2.24) is 0 Å². The minimum absolute atomic E-state index is 0.232. The molecule has 0 heterocycles. The van der Waals surface area contributed by atoms with Crippen LogP contribution >= 0.6 is 0 Å². The van der Waals surface area contributed by atoms with Crippen LogP contribution in [0.1, 0.15) is 39.0 Å². The minimum atomic E-state index is 0.232. The molecule has 11 heavy (non-hydrogen) atoms. The molecule has 0 radical (unpaired) electrons. The molecule has 66 valence electrons. The van der Waals surface area contributed by atoms with E-state index in [4.69, 9.17) is 11.5 Å². The van der Waals surface area contributed by atoms with Crippen molar-refractivity contribution in [3.8, 4) is 0 Å². The number of hydrogen-bond acceptors (Lipinski definition) is 2. The molecule has 1 rings (SSSR count). The first-order valence-electron chi connectivity index (χ1n) is 4.73. The zero-order chi connectivity index (χ0) is 8.27. The van der Waals surface area contributed by atoms with Gasteiger partial charge in [-0.2, -0.15) is 0 Å². The van der Waals surface area contributed by atoms with Gasteiger partial charge in [-0.3, -0.25) is 0 Å². The number of nitrogens with two attached hydrogens (primary N) is 2. The van der Waals surface area contributed by atoms with E-state index >= 15 is 0 Å². The summed E-state index contributed by atoms with van der Waals surface area (Å²) in [5.41, 5.74) is 11.9. The summed E-state index contributed by atoms with van der Waals surface area (Å²) in [7, 11) is 0. The fraction of sp³-hybridized carbons (Fsp3) is 1.00. The molecule has 3 unspecified atom stereocenters. The fourth-order valence-corrected chi connectivity index (χ4v) is 1.83. The van der Waals surface area contributed by atoms with Crippen molar-refractivity contribution in [2.45, 2.75) is 51.1 Å². The van der Waals surface area contributed by atoms with Crippen molar-refractivity contribution in [3.63, 3.8) is 0 Å². The Bertz CT molecular complexity index is 102. The van der Waals surface area contributed by atoms with Gasteiger partial charge in [-0.1, -0.05) is 26.2 Å². The zero-order valence-corrected chi connectivity index (χ0v) is 7.42. The van der Waals surface area contributed by atoms with E-state index in [0.29, 0.717) is 5.92 Å². The average molecular weight is 156 g/mol. The van der Waals surface area contributed by atoms with E-state index in [1.165, 1.54) is 25.7 Å². The summed E-state index contributed by atoms with van der Waals surface area (Å²) < 4.78 is 0. The summed E-state index contributed by atoms with van der Waals surface area (Å²) >= 11 is 0. The Kier molecular flexibility index (Phi) is 3.34. The Labute approximate surface area is 69.3 Å². The highest BCUT2D eigenvalue weighted by atomic mass is 14.8. The molecule has 1 saturated carbocycles. The molecule has 4 N–H and O–H groups in total. The molecule has 0 bridgehead atoms. The first kappa shape index (κ1) is 9.01. The molecule has 1 aliphatic rings. The van der Waals surface area contributed by atoms with E-state index in [1.54, 1.807) is 0 Å². The van der Waals surface area contributed by atoms with Crippen LogP contribution in [0.3, 0.4) is 0 Å².